The minimum absolute atomic E-state index is 0.268. The van der Waals surface area contributed by atoms with Gasteiger partial charge in [-0.3, -0.25) is 0 Å². The Kier molecular flexibility index (Phi) is 2.94. The summed E-state index contributed by atoms with van der Waals surface area (Å²) in [7, 11) is 0. The molecule has 0 spiro atoms. The second-order valence-electron chi connectivity index (χ2n) is 4.53. The van der Waals surface area contributed by atoms with Gasteiger partial charge >= 0.3 is 0 Å². The molecule has 0 aliphatic carbocycles. The number of rotatable bonds is 3. The number of anilines is 3. The summed E-state index contributed by atoms with van der Waals surface area (Å²) in [6, 6.07) is 11.6. The van der Waals surface area contributed by atoms with E-state index >= 15 is 0 Å². The summed E-state index contributed by atoms with van der Waals surface area (Å²) in [5.41, 5.74) is 6.87. The van der Waals surface area contributed by atoms with Gasteiger partial charge in [-0.15, -0.1) is 16.4 Å². The Bertz CT molecular complexity index is 929. The molecule has 3 aromatic heterocycles. The van der Waals surface area contributed by atoms with Gasteiger partial charge in [-0.2, -0.15) is 9.67 Å². The molecule has 1 aromatic carbocycles. The van der Waals surface area contributed by atoms with Gasteiger partial charge in [0.1, 0.15) is 11.2 Å². The van der Waals surface area contributed by atoms with Crippen LogP contribution in [0.25, 0.3) is 16.0 Å². The molecule has 0 saturated carbocycles. The van der Waals surface area contributed by atoms with E-state index in [1.54, 1.807) is 11.3 Å². The van der Waals surface area contributed by atoms with Gasteiger partial charge in [-0.25, -0.2) is 9.97 Å². The van der Waals surface area contributed by atoms with E-state index in [1.165, 1.54) is 11.0 Å². The van der Waals surface area contributed by atoms with Crippen molar-refractivity contribution in [1.29, 1.82) is 0 Å². The van der Waals surface area contributed by atoms with Crippen LogP contribution in [0.4, 0.5) is 17.6 Å². The number of nitrogen functional groups attached to an aromatic ring is 1. The molecule has 4 aromatic rings. The predicted octanol–water partition coefficient (Wildman–Crippen LogP) is 2.60. The lowest BCUT2D eigenvalue weighted by Crippen LogP contribution is -2.05. The Morgan fingerprint density at radius 2 is 1.95 bits per heavy atom. The molecule has 7 nitrogen and oxygen atoms in total. The lowest BCUT2D eigenvalue weighted by atomic mass is 10.3. The molecule has 4 rings (SSSR count). The third-order valence-electron chi connectivity index (χ3n) is 3.10. The van der Waals surface area contributed by atoms with Gasteiger partial charge in [0.25, 0.3) is 0 Å². The molecule has 0 aliphatic rings. The molecule has 108 valence electrons. The summed E-state index contributed by atoms with van der Waals surface area (Å²) in [6.07, 6.45) is 1.50. The summed E-state index contributed by atoms with van der Waals surface area (Å²) in [4.78, 5) is 13.6. The first-order chi connectivity index (χ1) is 10.8. The Morgan fingerprint density at radius 1 is 1.09 bits per heavy atom. The van der Waals surface area contributed by atoms with Crippen molar-refractivity contribution in [3.63, 3.8) is 0 Å². The van der Waals surface area contributed by atoms with Crippen molar-refractivity contribution in [1.82, 2.24) is 24.7 Å². The number of aromatic nitrogens is 5. The largest absolute Gasteiger partial charge is 0.368 e. The Morgan fingerprint density at radius 3 is 2.82 bits per heavy atom. The monoisotopic (exact) mass is 309 g/mol. The van der Waals surface area contributed by atoms with Crippen LogP contribution in [0.2, 0.25) is 0 Å². The van der Waals surface area contributed by atoms with Gasteiger partial charge in [0, 0.05) is 5.69 Å². The van der Waals surface area contributed by atoms with E-state index in [2.05, 4.69) is 25.4 Å². The molecule has 0 radical (unpaired) electrons. The zero-order valence-electron chi connectivity index (χ0n) is 11.3. The molecule has 0 unspecified atom stereocenters. The van der Waals surface area contributed by atoms with Crippen molar-refractivity contribution in [3.05, 3.63) is 48.1 Å². The fraction of sp³-hybridized carbons (Fsp3) is 0. The number of para-hydroxylation sites is 1. The van der Waals surface area contributed by atoms with E-state index in [4.69, 9.17) is 5.73 Å². The molecule has 3 N–H and O–H groups in total. The van der Waals surface area contributed by atoms with E-state index in [9.17, 15) is 0 Å². The molecule has 0 atom stereocenters. The molecule has 8 heteroatoms. The number of benzene rings is 1. The summed E-state index contributed by atoms with van der Waals surface area (Å²) in [5.74, 6) is 1.31. The van der Waals surface area contributed by atoms with Crippen LogP contribution >= 0.6 is 11.3 Å². The molecule has 0 saturated heterocycles. The Hall–Kier alpha value is -3.00. The second-order valence-corrected chi connectivity index (χ2v) is 5.43. The normalized spacial score (nSPS) is 10.9. The van der Waals surface area contributed by atoms with Crippen molar-refractivity contribution < 1.29 is 0 Å². The first kappa shape index (κ1) is 12.7. The maximum atomic E-state index is 5.98. The fourth-order valence-corrected chi connectivity index (χ4v) is 2.86. The maximum Gasteiger partial charge on any atom is 0.248 e. The van der Waals surface area contributed by atoms with Crippen LogP contribution in [0, 0.1) is 0 Å². The van der Waals surface area contributed by atoms with Crippen LogP contribution < -0.4 is 11.1 Å². The quantitative estimate of drug-likeness (QED) is 0.604. The minimum atomic E-state index is 0.268. The summed E-state index contributed by atoms with van der Waals surface area (Å²) >= 11 is 1.54. The summed E-state index contributed by atoms with van der Waals surface area (Å²) < 4.78 is 1.52. The molecule has 0 amide bonds. The smallest absolute Gasteiger partial charge is 0.248 e. The van der Waals surface area contributed by atoms with Gasteiger partial charge in [0.15, 0.2) is 5.82 Å². The first-order valence-corrected chi connectivity index (χ1v) is 7.42. The van der Waals surface area contributed by atoms with Crippen molar-refractivity contribution in [2.75, 3.05) is 11.1 Å². The topological polar surface area (TPSA) is 94.5 Å². The average Bonchev–Trinajstić information content (AvgIpc) is 3.14. The van der Waals surface area contributed by atoms with Crippen molar-refractivity contribution in [2.24, 2.45) is 0 Å². The van der Waals surface area contributed by atoms with Crippen molar-refractivity contribution in [2.45, 2.75) is 0 Å². The molecule has 0 bridgehead atoms. The van der Waals surface area contributed by atoms with Crippen LogP contribution in [0.15, 0.2) is 48.1 Å². The number of thiophene rings is 1. The number of hydrogen-bond donors (Lipinski definition) is 2. The Labute approximate surface area is 129 Å². The van der Waals surface area contributed by atoms with E-state index in [-0.39, 0.29) is 5.95 Å². The highest BCUT2D eigenvalue weighted by molar-refractivity contribution is 7.16. The molecular weight excluding hydrogens is 298 g/mol. The SMILES string of the molecule is Nc1nc(Nc2ccccc2)nn1-c1ncnc2sccc12. The van der Waals surface area contributed by atoms with Gasteiger partial charge < -0.3 is 11.1 Å². The molecule has 0 aliphatic heterocycles. The van der Waals surface area contributed by atoms with Gasteiger partial charge in [-0.1, -0.05) is 18.2 Å². The van der Waals surface area contributed by atoms with E-state index in [0.29, 0.717) is 11.8 Å². The second kappa shape index (κ2) is 5.08. The lowest BCUT2D eigenvalue weighted by Gasteiger charge is -2.02. The summed E-state index contributed by atoms with van der Waals surface area (Å²) in [6.45, 7) is 0. The number of hydrogen-bond acceptors (Lipinski definition) is 7. The molecule has 0 fully saturated rings. The summed E-state index contributed by atoms with van der Waals surface area (Å²) in [5, 5.41) is 10.4. The number of nitrogens with zero attached hydrogens (tertiary/aromatic N) is 5. The van der Waals surface area contributed by atoms with Gasteiger partial charge in [0.2, 0.25) is 11.9 Å². The zero-order valence-corrected chi connectivity index (χ0v) is 12.2. The van der Waals surface area contributed by atoms with E-state index in [0.717, 1.165) is 15.9 Å². The fourth-order valence-electron chi connectivity index (χ4n) is 2.13. The highest BCUT2D eigenvalue weighted by atomic mass is 32.1. The minimum Gasteiger partial charge on any atom is -0.368 e. The zero-order chi connectivity index (χ0) is 14.9. The van der Waals surface area contributed by atoms with Crippen LogP contribution in [-0.4, -0.2) is 24.7 Å². The van der Waals surface area contributed by atoms with Crippen LogP contribution in [0.1, 0.15) is 0 Å². The molecular formula is C14H11N7S. The van der Waals surface area contributed by atoms with Gasteiger partial charge in [-0.05, 0) is 23.6 Å². The number of nitrogens with two attached hydrogens (primary N) is 1. The van der Waals surface area contributed by atoms with Crippen LogP contribution in [-0.2, 0) is 0 Å². The first-order valence-electron chi connectivity index (χ1n) is 6.54. The third kappa shape index (κ3) is 2.15. The lowest BCUT2D eigenvalue weighted by molar-refractivity contribution is 0.864. The maximum absolute atomic E-state index is 5.98. The Balaban J connectivity index is 1.76. The van der Waals surface area contributed by atoms with Crippen molar-refractivity contribution >= 4 is 39.1 Å². The third-order valence-corrected chi connectivity index (χ3v) is 3.92. The van der Waals surface area contributed by atoms with Gasteiger partial charge in [0.05, 0.1) is 5.39 Å². The van der Waals surface area contributed by atoms with Crippen molar-refractivity contribution in [3.8, 4) is 5.82 Å². The van der Waals surface area contributed by atoms with Crippen LogP contribution in [0.3, 0.4) is 0 Å². The number of fused-ring (bicyclic) bond motifs is 1. The van der Waals surface area contributed by atoms with Crippen LogP contribution in [0.5, 0.6) is 0 Å². The predicted molar refractivity (Wildman–Crippen MR) is 86.5 cm³/mol. The molecule has 22 heavy (non-hydrogen) atoms. The highest BCUT2D eigenvalue weighted by Gasteiger charge is 2.13. The van der Waals surface area contributed by atoms with E-state index < -0.39 is 0 Å². The highest BCUT2D eigenvalue weighted by Crippen LogP contribution is 2.24. The number of nitrogens with one attached hydrogen (secondary N) is 1. The standard InChI is InChI=1S/C14H11N7S/c15-13-19-14(18-9-4-2-1-3-5-9)20-21(13)11-10-6-7-22-12(10)17-8-16-11/h1-8H,(H3,15,18,19,20). The molecule has 3 heterocycles. The average molecular weight is 309 g/mol. The van der Waals surface area contributed by atoms with E-state index in [1.807, 2.05) is 41.8 Å².